The zero-order valence-corrected chi connectivity index (χ0v) is 27.6. The molecular formula is C34H40F10N4. The molecule has 0 amide bonds. The molecule has 3 aromatic rings. The van der Waals surface area contributed by atoms with Crippen molar-refractivity contribution >= 4 is 5.57 Å². The lowest BCUT2D eigenvalue weighted by molar-refractivity contribution is -0.142. The van der Waals surface area contributed by atoms with E-state index in [0.717, 1.165) is 36.9 Å². The number of fused-ring (bicyclic) bond motifs is 3. The average Bonchev–Trinajstić information content (AvgIpc) is 3.70. The molecule has 0 N–H and O–H groups in total. The van der Waals surface area contributed by atoms with E-state index in [1.807, 2.05) is 19.9 Å². The van der Waals surface area contributed by atoms with Crippen LogP contribution in [0.3, 0.4) is 0 Å². The molecule has 2 heterocycles. The van der Waals surface area contributed by atoms with Crippen LogP contribution in [0, 0.1) is 11.7 Å². The van der Waals surface area contributed by atoms with Crippen LogP contribution in [0.25, 0.3) is 5.57 Å². The maximum atomic E-state index is 13.8. The van der Waals surface area contributed by atoms with E-state index in [0.29, 0.717) is 22.6 Å². The SMILES string of the molecule is CC(C)C1=CCc2ccc(F)cc21.CC(C)n1nc(C(F)(F)F)c2c1CCCC2.CC(C)n1nc(C(F)F)c2c1C(F)(F)CCC2(F)F. The van der Waals surface area contributed by atoms with Crippen molar-refractivity contribution < 1.29 is 43.9 Å². The van der Waals surface area contributed by atoms with Gasteiger partial charge in [-0.3, -0.25) is 9.36 Å². The van der Waals surface area contributed by atoms with E-state index in [4.69, 9.17) is 0 Å². The van der Waals surface area contributed by atoms with Crippen molar-refractivity contribution in [2.45, 2.75) is 123 Å². The lowest BCUT2D eigenvalue weighted by Gasteiger charge is -2.30. The minimum atomic E-state index is -4.32. The predicted octanol–water partition coefficient (Wildman–Crippen LogP) is 11.2. The Balaban J connectivity index is 0.000000165. The van der Waals surface area contributed by atoms with E-state index < -0.39 is 66.0 Å². The van der Waals surface area contributed by atoms with Crippen LogP contribution in [0.15, 0.2) is 24.3 Å². The van der Waals surface area contributed by atoms with Gasteiger partial charge in [0, 0.05) is 36.2 Å². The molecular weight excluding hydrogens is 654 g/mol. The van der Waals surface area contributed by atoms with Gasteiger partial charge in [0.2, 0.25) is 0 Å². The summed E-state index contributed by atoms with van der Waals surface area (Å²) in [5, 5.41) is 7.04. The summed E-state index contributed by atoms with van der Waals surface area (Å²) in [6.45, 7) is 10.9. The second kappa shape index (κ2) is 13.9. The van der Waals surface area contributed by atoms with Crippen molar-refractivity contribution in [1.29, 1.82) is 0 Å². The third kappa shape index (κ3) is 7.61. The van der Waals surface area contributed by atoms with E-state index in [1.165, 1.54) is 35.7 Å². The van der Waals surface area contributed by atoms with Crippen LogP contribution in [0.1, 0.15) is 131 Å². The zero-order chi connectivity index (χ0) is 35.9. The summed E-state index contributed by atoms with van der Waals surface area (Å²) in [7, 11) is 0. The van der Waals surface area contributed by atoms with Crippen molar-refractivity contribution in [3.05, 3.63) is 75.1 Å². The number of benzene rings is 1. The molecule has 0 spiro atoms. The van der Waals surface area contributed by atoms with Crippen LogP contribution in [0.5, 0.6) is 0 Å². The van der Waals surface area contributed by atoms with Gasteiger partial charge in [0.15, 0.2) is 5.69 Å². The number of halogens is 10. The Labute approximate surface area is 273 Å². The van der Waals surface area contributed by atoms with Crippen LogP contribution in [-0.2, 0) is 37.3 Å². The van der Waals surface area contributed by atoms with Gasteiger partial charge in [-0.2, -0.15) is 32.1 Å². The molecule has 4 nitrogen and oxygen atoms in total. The molecule has 0 fully saturated rings. The van der Waals surface area contributed by atoms with Gasteiger partial charge in [-0.25, -0.2) is 22.0 Å². The predicted molar refractivity (Wildman–Crippen MR) is 162 cm³/mol. The van der Waals surface area contributed by atoms with Crippen molar-refractivity contribution in [3.8, 4) is 0 Å². The largest absolute Gasteiger partial charge is 0.435 e. The molecule has 0 radical (unpaired) electrons. The number of nitrogens with zero attached hydrogens (tertiary/aromatic N) is 4. The van der Waals surface area contributed by atoms with Crippen LogP contribution in [0.2, 0.25) is 0 Å². The van der Waals surface area contributed by atoms with Gasteiger partial charge in [0.25, 0.3) is 18.3 Å². The first-order chi connectivity index (χ1) is 22.2. The Morgan fingerprint density at radius 3 is 1.98 bits per heavy atom. The standard InChI is InChI=1S/C12H13F.C11H12F6N2.C11H15F3N2/c1-8(2)11-6-4-9-3-5-10(13)7-12(9)11;1-5(2)19-8-6(7(18-19)9(12)13)10(14,15)3-4-11(8,16)17;1-7(2)16-9-6-4-3-5-8(9)10(15-16)11(12,13)14/h3,5-8H,4H2,1-2H3;5,9H,3-4H2,1-2H3;7H,3-6H2,1-2H3. The highest BCUT2D eigenvalue weighted by Crippen LogP contribution is 2.52. The van der Waals surface area contributed by atoms with Crippen LogP contribution < -0.4 is 0 Å². The smallest absolute Gasteiger partial charge is 0.266 e. The Hall–Kier alpha value is -3.32. The Morgan fingerprint density at radius 2 is 1.42 bits per heavy atom. The first-order valence-electron chi connectivity index (χ1n) is 16.0. The molecule has 14 heteroatoms. The topological polar surface area (TPSA) is 35.6 Å². The van der Waals surface area contributed by atoms with Gasteiger partial charge >= 0.3 is 6.18 Å². The second-order valence-corrected chi connectivity index (χ2v) is 13.2. The summed E-state index contributed by atoms with van der Waals surface area (Å²) in [6.07, 6.45) is -3.67. The molecule has 0 saturated heterocycles. The van der Waals surface area contributed by atoms with Gasteiger partial charge in [-0.05, 0) is 94.5 Å². The molecule has 0 bridgehead atoms. The van der Waals surface area contributed by atoms with Gasteiger partial charge in [0.05, 0.1) is 5.56 Å². The summed E-state index contributed by atoms with van der Waals surface area (Å²) >= 11 is 0. The lowest BCUT2D eigenvalue weighted by Crippen LogP contribution is -2.33. The quantitative estimate of drug-likeness (QED) is 0.255. The molecule has 0 aliphatic heterocycles. The Morgan fingerprint density at radius 1 is 0.812 bits per heavy atom. The van der Waals surface area contributed by atoms with Crippen molar-refractivity contribution in [3.63, 3.8) is 0 Å². The molecule has 48 heavy (non-hydrogen) atoms. The average molecular weight is 695 g/mol. The molecule has 3 aliphatic rings. The van der Waals surface area contributed by atoms with Crippen LogP contribution >= 0.6 is 0 Å². The third-order valence-corrected chi connectivity index (χ3v) is 8.61. The summed E-state index contributed by atoms with van der Waals surface area (Å²) in [4.78, 5) is 0. The highest BCUT2D eigenvalue weighted by molar-refractivity contribution is 5.74. The maximum Gasteiger partial charge on any atom is 0.435 e. The molecule has 0 saturated carbocycles. The fourth-order valence-corrected chi connectivity index (χ4v) is 6.40. The number of alkyl halides is 9. The van der Waals surface area contributed by atoms with Crippen molar-refractivity contribution in [2.24, 2.45) is 5.92 Å². The van der Waals surface area contributed by atoms with Crippen molar-refractivity contribution in [2.75, 3.05) is 0 Å². The van der Waals surface area contributed by atoms with Crippen LogP contribution in [-0.4, -0.2) is 19.6 Å². The van der Waals surface area contributed by atoms with E-state index >= 15 is 0 Å². The fourth-order valence-electron chi connectivity index (χ4n) is 6.40. The second-order valence-electron chi connectivity index (χ2n) is 13.2. The highest BCUT2D eigenvalue weighted by Gasteiger charge is 2.55. The van der Waals surface area contributed by atoms with Gasteiger partial charge in [0.1, 0.15) is 17.2 Å². The Bertz CT molecular complexity index is 1580. The first-order valence-corrected chi connectivity index (χ1v) is 16.0. The number of hydrogen-bond acceptors (Lipinski definition) is 2. The maximum absolute atomic E-state index is 13.8. The van der Waals surface area contributed by atoms with Gasteiger partial charge in [-0.15, -0.1) is 0 Å². The van der Waals surface area contributed by atoms with E-state index in [9.17, 15) is 43.9 Å². The summed E-state index contributed by atoms with van der Waals surface area (Å²) in [5.74, 6) is -6.91. The summed E-state index contributed by atoms with van der Waals surface area (Å²) in [5.41, 5.74) is 0.570. The summed E-state index contributed by atoms with van der Waals surface area (Å²) < 4.78 is 134. The lowest BCUT2D eigenvalue weighted by atomic mass is 9.89. The van der Waals surface area contributed by atoms with E-state index in [-0.39, 0.29) is 11.9 Å². The normalized spacial score (nSPS) is 17.8. The number of rotatable bonds is 4. The van der Waals surface area contributed by atoms with Gasteiger partial charge in [-0.1, -0.05) is 26.0 Å². The zero-order valence-electron chi connectivity index (χ0n) is 27.6. The summed E-state index contributed by atoms with van der Waals surface area (Å²) in [6, 6.07) is 4.35. The molecule has 2 aromatic heterocycles. The van der Waals surface area contributed by atoms with Gasteiger partial charge < -0.3 is 0 Å². The molecule has 0 atom stereocenters. The molecule has 0 unspecified atom stereocenters. The highest BCUT2D eigenvalue weighted by atomic mass is 19.4. The fraction of sp³-hybridized carbons (Fsp3) is 0.588. The monoisotopic (exact) mass is 694 g/mol. The first kappa shape index (κ1) is 37.5. The Kier molecular flexibility index (Phi) is 10.9. The number of aromatic nitrogens is 4. The van der Waals surface area contributed by atoms with Crippen LogP contribution in [0.4, 0.5) is 43.9 Å². The molecule has 3 aliphatic carbocycles. The van der Waals surface area contributed by atoms with E-state index in [2.05, 4.69) is 30.1 Å². The molecule has 1 aromatic carbocycles. The van der Waals surface area contributed by atoms with E-state index in [1.54, 1.807) is 6.07 Å². The minimum absolute atomic E-state index is 0.0112. The third-order valence-electron chi connectivity index (χ3n) is 8.61. The van der Waals surface area contributed by atoms with Crippen molar-refractivity contribution in [1.82, 2.24) is 19.6 Å². The minimum Gasteiger partial charge on any atom is -0.266 e. The molecule has 266 valence electrons. The molecule has 6 rings (SSSR count). The number of hydrogen-bond donors (Lipinski definition) is 0. The number of allylic oxidation sites excluding steroid dienone is 2.